The first-order chi connectivity index (χ1) is 15.5. The van der Waals surface area contributed by atoms with E-state index in [0.29, 0.717) is 11.5 Å². The molecule has 32 heavy (non-hydrogen) atoms. The molecule has 5 aromatic rings. The van der Waals surface area contributed by atoms with Crippen LogP contribution in [0.3, 0.4) is 0 Å². The third-order valence-electron chi connectivity index (χ3n) is 5.59. The molecule has 0 N–H and O–H groups in total. The summed E-state index contributed by atoms with van der Waals surface area (Å²) in [5, 5.41) is 1.01. The summed E-state index contributed by atoms with van der Waals surface area (Å²) in [6.07, 6.45) is 0. The van der Waals surface area contributed by atoms with Gasteiger partial charge in [0, 0.05) is 22.8 Å². The van der Waals surface area contributed by atoms with Crippen molar-refractivity contribution in [1.29, 1.82) is 0 Å². The molecular formula is C26H20FNO3S. The van der Waals surface area contributed by atoms with E-state index in [1.165, 1.54) is 12.1 Å². The van der Waals surface area contributed by atoms with Crippen molar-refractivity contribution < 1.29 is 18.7 Å². The summed E-state index contributed by atoms with van der Waals surface area (Å²) in [5.41, 5.74) is 4.39. The van der Waals surface area contributed by atoms with E-state index in [2.05, 4.69) is 0 Å². The van der Waals surface area contributed by atoms with Gasteiger partial charge in [0.15, 0.2) is 11.5 Å². The molecule has 0 amide bonds. The van der Waals surface area contributed by atoms with Gasteiger partial charge in [-0.2, -0.15) is 0 Å². The average Bonchev–Trinajstić information content (AvgIpc) is 3.33. The molecule has 0 radical (unpaired) electrons. The van der Waals surface area contributed by atoms with Crippen molar-refractivity contribution >= 4 is 38.4 Å². The molecule has 0 atom stereocenters. The summed E-state index contributed by atoms with van der Waals surface area (Å²) in [4.78, 5) is 13.8. The van der Waals surface area contributed by atoms with Crippen LogP contribution in [0.1, 0.15) is 11.7 Å². The zero-order valence-electron chi connectivity index (χ0n) is 17.8. The van der Waals surface area contributed by atoms with Crippen LogP contribution in [-0.2, 0) is 0 Å². The van der Waals surface area contributed by atoms with E-state index in [9.17, 15) is 9.18 Å². The Balaban J connectivity index is 1.93. The number of para-hydroxylation sites is 1. The second-order valence-corrected chi connectivity index (χ2v) is 8.45. The molecule has 0 spiro atoms. The van der Waals surface area contributed by atoms with E-state index < -0.39 is 0 Å². The molecule has 2 heterocycles. The number of carbonyl (C=O) groups is 1. The van der Waals surface area contributed by atoms with Gasteiger partial charge in [0.25, 0.3) is 0 Å². The fourth-order valence-corrected chi connectivity index (χ4v) is 5.54. The number of hydrogen-bond acceptors (Lipinski definition) is 4. The standard InChI is InChI=1S/C26H20FNO3S/c1-15(29)28-20-7-5-4-6-19(20)26-24(28)23(17-10-13-21(30-2)22(14-17)31-3)25(32-26)16-8-11-18(27)12-9-16/h4-14H,1-3H3. The van der Waals surface area contributed by atoms with Gasteiger partial charge < -0.3 is 9.47 Å². The second kappa shape index (κ2) is 7.80. The summed E-state index contributed by atoms with van der Waals surface area (Å²) >= 11 is 1.60. The highest BCUT2D eigenvalue weighted by Gasteiger charge is 2.25. The second-order valence-electron chi connectivity index (χ2n) is 7.43. The molecule has 0 aliphatic carbocycles. The number of ether oxygens (including phenoxy) is 2. The van der Waals surface area contributed by atoms with E-state index in [1.807, 2.05) is 42.5 Å². The number of benzene rings is 3. The lowest BCUT2D eigenvalue weighted by molar-refractivity contribution is 0.0946. The van der Waals surface area contributed by atoms with Gasteiger partial charge in [0.1, 0.15) is 5.82 Å². The van der Waals surface area contributed by atoms with Gasteiger partial charge in [-0.1, -0.05) is 36.4 Å². The Kier molecular flexibility index (Phi) is 4.94. The Bertz CT molecular complexity index is 1480. The van der Waals surface area contributed by atoms with Crippen molar-refractivity contribution in [2.24, 2.45) is 0 Å². The number of carbonyl (C=O) groups excluding carboxylic acids is 1. The first-order valence-corrected chi connectivity index (χ1v) is 10.9. The maximum absolute atomic E-state index is 13.7. The first kappa shape index (κ1) is 20.3. The molecule has 0 aliphatic heterocycles. The molecule has 5 rings (SSSR count). The quantitative estimate of drug-likeness (QED) is 0.299. The van der Waals surface area contributed by atoms with Gasteiger partial charge in [-0.05, 0) is 41.5 Å². The maximum Gasteiger partial charge on any atom is 0.228 e. The van der Waals surface area contributed by atoms with Gasteiger partial charge in [-0.25, -0.2) is 4.39 Å². The number of nitrogens with zero attached hydrogens (tertiary/aromatic N) is 1. The van der Waals surface area contributed by atoms with Crippen LogP contribution in [0.25, 0.3) is 42.7 Å². The van der Waals surface area contributed by atoms with Crippen LogP contribution in [0.4, 0.5) is 4.39 Å². The lowest BCUT2D eigenvalue weighted by Crippen LogP contribution is -2.05. The van der Waals surface area contributed by atoms with Crippen molar-refractivity contribution in [2.75, 3.05) is 14.2 Å². The number of thiophene rings is 1. The molecule has 0 fully saturated rings. The fourth-order valence-electron chi connectivity index (χ4n) is 4.19. The lowest BCUT2D eigenvalue weighted by Gasteiger charge is -2.12. The van der Waals surface area contributed by atoms with Crippen molar-refractivity contribution in [1.82, 2.24) is 4.57 Å². The van der Waals surface area contributed by atoms with Crippen LogP contribution >= 0.6 is 11.3 Å². The van der Waals surface area contributed by atoms with Crippen LogP contribution < -0.4 is 9.47 Å². The highest BCUT2D eigenvalue weighted by Crippen LogP contribution is 2.49. The number of fused-ring (bicyclic) bond motifs is 3. The summed E-state index contributed by atoms with van der Waals surface area (Å²) in [6, 6.07) is 20.1. The molecule has 160 valence electrons. The summed E-state index contributed by atoms with van der Waals surface area (Å²) in [6.45, 7) is 1.57. The van der Waals surface area contributed by atoms with E-state index in [4.69, 9.17) is 9.47 Å². The normalized spacial score (nSPS) is 11.2. The number of methoxy groups -OCH3 is 2. The van der Waals surface area contributed by atoms with Gasteiger partial charge in [-0.15, -0.1) is 11.3 Å². The zero-order valence-corrected chi connectivity index (χ0v) is 18.6. The third kappa shape index (κ3) is 3.07. The topological polar surface area (TPSA) is 40.5 Å². The summed E-state index contributed by atoms with van der Waals surface area (Å²) in [7, 11) is 3.19. The van der Waals surface area contributed by atoms with E-state index >= 15 is 0 Å². The molecular weight excluding hydrogens is 425 g/mol. The average molecular weight is 446 g/mol. The largest absolute Gasteiger partial charge is 0.493 e. The maximum atomic E-state index is 13.7. The summed E-state index contributed by atoms with van der Waals surface area (Å²) in [5.74, 6) is 0.862. The predicted molar refractivity (Wildman–Crippen MR) is 128 cm³/mol. The van der Waals surface area contributed by atoms with Crippen LogP contribution in [0.5, 0.6) is 11.5 Å². The molecule has 0 aliphatic rings. The fraction of sp³-hybridized carbons (Fsp3) is 0.115. The monoisotopic (exact) mass is 445 g/mol. The van der Waals surface area contributed by atoms with E-state index in [1.54, 1.807) is 49.2 Å². The SMILES string of the molecule is COc1ccc(-c2c(-c3ccc(F)cc3)sc3c4ccccc4n(C(C)=O)c23)cc1OC. The molecule has 0 saturated heterocycles. The van der Waals surface area contributed by atoms with E-state index in [0.717, 1.165) is 42.7 Å². The van der Waals surface area contributed by atoms with Crippen molar-refractivity contribution in [3.05, 3.63) is 72.5 Å². The van der Waals surface area contributed by atoms with Crippen molar-refractivity contribution in [2.45, 2.75) is 6.92 Å². The number of halogens is 1. The number of aromatic nitrogens is 1. The zero-order chi connectivity index (χ0) is 22.4. The molecule has 0 saturated carbocycles. The highest BCUT2D eigenvalue weighted by atomic mass is 32.1. The van der Waals surface area contributed by atoms with E-state index in [-0.39, 0.29) is 11.7 Å². The van der Waals surface area contributed by atoms with Crippen LogP contribution in [0.15, 0.2) is 66.7 Å². The number of hydrogen-bond donors (Lipinski definition) is 0. The third-order valence-corrected chi connectivity index (χ3v) is 6.85. The molecule has 0 bridgehead atoms. The predicted octanol–water partition coefficient (Wildman–Crippen LogP) is 7.01. The minimum absolute atomic E-state index is 0.0682. The van der Waals surface area contributed by atoms with Gasteiger partial charge in [0.05, 0.1) is 30.0 Å². The number of rotatable bonds is 4. The van der Waals surface area contributed by atoms with Crippen LogP contribution in [0, 0.1) is 5.82 Å². The first-order valence-electron chi connectivity index (χ1n) is 10.1. The Hall–Kier alpha value is -3.64. The van der Waals surface area contributed by atoms with Gasteiger partial charge in [0.2, 0.25) is 5.91 Å². The Morgan fingerprint density at radius 1 is 0.906 bits per heavy atom. The Morgan fingerprint density at radius 2 is 1.59 bits per heavy atom. The lowest BCUT2D eigenvalue weighted by atomic mass is 10.0. The minimum Gasteiger partial charge on any atom is -0.493 e. The van der Waals surface area contributed by atoms with Crippen molar-refractivity contribution in [3.8, 4) is 33.1 Å². The molecule has 6 heteroatoms. The smallest absolute Gasteiger partial charge is 0.228 e. The van der Waals surface area contributed by atoms with Gasteiger partial charge >= 0.3 is 0 Å². The van der Waals surface area contributed by atoms with Crippen LogP contribution in [0.2, 0.25) is 0 Å². The molecule has 4 nitrogen and oxygen atoms in total. The van der Waals surface area contributed by atoms with Gasteiger partial charge in [-0.3, -0.25) is 9.36 Å². The minimum atomic E-state index is -0.291. The molecule has 3 aromatic carbocycles. The Labute approximate surface area is 188 Å². The molecule has 2 aromatic heterocycles. The molecule has 0 unspecified atom stereocenters. The van der Waals surface area contributed by atoms with Crippen molar-refractivity contribution in [3.63, 3.8) is 0 Å². The highest BCUT2D eigenvalue weighted by molar-refractivity contribution is 7.24. The Morgan fingerprint density at radius 3 is 2.28 bits per heavy atom. The van der Waals surface area contributed by atoms with Crippen LogP contribution in [-0.4, -0.2) is 24.7 Å². The summed E-state index contributed by atoms with van der Waals surface area (Å²) < 4.78 is 27.4.